The molecule has 1 aromatic heterocycles. The maximum atomic E-state index is 13.0. The second-order valence-electron chi connectivity index (χ2n) is 5.57. The van der Waals surface area contributed by atoms with E-state index in [1.54, 1.807) is 30.5 Å². The number of anilines is 2. The summed E-state index contributed by atoms with van der Waals surface area (Å²) < 4.78 is 50.0. The number of halogens is 3. The lowest BCUT2D eigenvalue weighted by Crippen LogP contribution is -2.15. The zero-order valence-electron chi connectivity index (χ0n) is 12.9. The van der Waals surface area contributed by atoms with Crippen molar-refractivity contribution in [1.82, 2.24) is 4.98 Å². The molecule has 0 radical (unpaired) electrons. The van der Waals surface area contributed by atoms with Crippen molar-refractivity contribution >= 4 is 22.3 Å². The fraction of sp³-hybridized carbons (Fsp3) is 0.167. The molecule has 0 saturated heterocycles. The molecule has 2 aromatic carbocycles. The first-order chi connectivity index (χ1) is 12.0. The molecule has 0 spiro atoms. The quantitative estimate of drug-likeness (QED) is 0.726. The third kappa shape index (κ3) is 3.05. The summed E-state index contributed by atoms with van der Waals surface area (Å²) in [5.74, 6) is 1.25. The van der Waals surface area contributed by atoms with Crippen molar-refractivity contribution in [2.75, 3.05) is 18.5 Å². The minimum atomic E-state index is -4.40. The molecule has 4 rings (SSSR count). The number of hydrogen-bond acceptors (Lipinski definition) is 4. The summed E-state index contributed by atoms with van der Waals surface area (Å²) in [5, 5.41) is 3.53. The van der Waals surface area contributed by atoms with E-state index in [1.165, 1.54) is 6.07 Å². The molecular formula is C18H13F3N2O2. The summed E-state index contributed by atoms with van der Waals surface area (Å²) in [4.78, 5) is 4.12. The molecular weight excluding hydrogens is 333 g/mol. The van der Waals surface area contributed by atoms with Crippen molar-refractivity contribution in [2.45, 2.75) is 6.18 Å². The minimum absolute atomic E-state index is 0.396. The van der Waals surface area contributed by atoms with Crippen molar-refractivity contribution in [3.8, 4) is 11.5 Å². The molecule has 0 unspecified atom stereocenters. The molecule has 4 nitrogen and oxygen atoms in total. The molecule has 0 atom stereocenters. The Morgan fingerprint density at radius 1 is 0.920 bits per heavy atom. The Hall–Kier alpha value is -2.96. The van der Waals surface area contributed by atoms with Crippen LogP contribution in [0.5, 0.6) is 11.5 Å². The van der Waals surface area contributed by atoms with Gasteiger partial charge in [-0.25, -0.2) is 0 Å². The lowest BCUT2D eigenvalue weighted by atomic mass is 10.1. The summed E-state index contributed by atoms with van der Waals surface area (Å²) in [6.07, 6.45) is -2.85. The van der Waals surface area contributed by atoms with E-state index in [9.17, 15) is 13.2 Å². The van der Waals surface area contributed by atoms with Crippen molar-refractivity contribution in [3.63, 3.8) is 0 Å². The number of rotatable bonds is 2. The molecule has 0 amide bonds. The first kappa shape index (κ1) is 15.6. The number of benzene rings is 2. The van der Waals surface area contributed by atoms with Gasteiger partial charge in [-0.2, -0.15) is 13.2 Å². The zero-order chi connectivity index (χ0) is 17.4. The molecule has 3 aromatic rings. The first-order valence-corrected chi connectivity index (χ1v) is 7.63. The second-order valence-corrected chi connectivity index (χ2v) is 5.57. The minimum Gasteiger partial charge on any atom is -0.486 e. The Labute approximate surface area is 141 Å². The van der Waals surface area contributed by atoms with Gasteiger partial charge >= 0.3 is 6.18 Å². The Balaban J connectivity index is 1.73. The molecule has 1 aliphatic heterocycles. The lowest BCUT2D eigenvalue weighted by molar-refractivity contribution is -0.137. The molecule has 1 aliphatic rings. The van der Waals surface area contributed by atoms with Crippen molar-refractivity contribution in [1.29, 1.82) is 0 Å². The maximum Gasteiger partial charge on any atom is 0.416 e. The molecule has 1 N–H and O–H groups in total. The molecule has 0 saturated carbocycles. The van der Waals surface area contributed by atoms with E-state index < -0.39 is 11.7 Å². The van der Waals surface area contributed by atoms with Gasteiger partial charge in [0.25, 0.3) is 0 Å². The molecule has 0 bridgehead atoms. The average Bonchev–Trinajstić information content (AvgIpc) is 2.61. The highest BCUT2D eigenvalue weighted by atomic mass is 19.4. The van der Waals surface area contributed by atoms with Crippen LogP contribution < -0.4 is 14.8 Å². The Bertz CT molecular complexity index is 941. The van der Waals surface area contributed by atoms with E-state index in [0.29, 0.717) is 47.0 Å². The van der Waals surface area contributed by atoms with Crippen molar-refractivity contribution in [2.24, 2.45) is 0 Å². The summed E-state index contributed by atoms with van der Waals surface area (Å²) in [6, 6.07) is 10.4. The van der Waals surface area contributed by atoms with Crippen LogP contribution in [-0.2, 0) is 6.18 Å². The molecule has 7 heteroatoms. The normalized spacial score (nSPS) is 13.7. The molecule has 0 fully saturated rings. The highest BCUT2D eigenvalue weighted by Gasteiger charge is 2.30. The number of aromatic nitrogens is 1. The second kappa shape index (κ2) is 5.84. The largest absolute Gasteiger partial charge is 0.486 e. The van der Waals surface area contributed by atoms with Crippen LogP contribution in [0.15, 0.2) is 48.7 Å². The van der Waals surface area contributed by atoms with E-state index in [4.69, 9.17) is 9.47 Å². The number of ether oxygens (including phenoxy) is 2. The van der Waals surface area contributed by atoms with Crippen LogP contribution in [0.4, 0.5) is 24.5 Å². The maximum absolute atomic E-state index is 13.0. The van der Waals surface area contributed by atoms with E-state index >= 15 is 0 Å². The number of pyridine rings is 1. The topological polar surface area (TPSA) is 43.4 Å². The van der Waals surface area contributed by atoms with Crippen molar-refractivity contribution in [3.05, 3.63) is 54.2 Å². The number of fused-ring (bicyclic) bond motifs is 2. The van der Waals surface area contributed by atoms with E-state index in [0.717, 1.165) is 12.1 Å². The predicted molar refractivity (Wildman–Crippen MR) is 87.5 cm³/mol. The number of nitrogens with zero attached hydrogens (tertiary/aromatic N) is 1. The predicted octanol–water partition coefficient (Wildman–Crippen LogP) is 4.77. The van der Waals surface area contributed by atoms with Crippen molar-refractivity contribution < 1.29 is 22.6 Å². The van der Waals surface area contributed by atoms with Gasteiger partial charge in [0.1, 0.15) is 13.2 Å². The van der Waals surface area contributed by atoms with Crippen LogP contribution in [0.2, 0.25) is 0 Å². The van der Waals surface area contributed by atoms with Crippen LogP contribution in [0.1, 0.15) is 5.56 Å². The van der Waals surface area contributed by atoms with Crippen LogP contribution >= 0.6 is 0 Å². The molecule has 128 valence electrons. The monoisotopic (exact) mass is 346 g/mol. The van der Waals surface area contributed by atoms with Crippen LogP contribution in [0.25, 0.3) is 10.9 Å². The van der Waals surface area contributed by atoms with E-state index in [2.05, 4.69) is 10.3 Å². The summed E-state index contributed by atoms with van der Waals surface area (Å²) in [6.45, 7) is 0.957. The van der Waals surface area contributed by atoms with Gasteiger partial charge in [-0.3, -0.25) is 4.98 Å². The number of hydrogen-bond donors (Lipinski definition) is 1. The molecule has 0 aliphatic carbocycles. The summed E-state index contributed by atoms with van der Waals surface area (Å²) >= 11 is 0. The van der Waals surface area contributed by atoms with Gasteiger partial charge in [0, 0.05) is 29.0 Å². The highest BCUT2D eigenvalue weighted by molar-refractivity contribution is 5.93. The van der Waals surface area contributed by atoms with Gasteiger partial charge in [0.2, 0.25) is 0 Å². The third-order valence-electron chi connectivity index (χ3n) is 3.89. The third-order valence-corrected chi connectivity index (χ3v) is 3.89. The van der Waals surface area contributed by atoms with E-state index in [-0.39, 0.29) is 0 Å². The van der Waals surface area contributed by atoms with Gasteiger partial charge in [0.15, 0.2) is 11.5 Å². The first-order valence-electron chi connectivity index (χ1n) is 7.63. The summed E-state index contributed by atoms with van der Waals surface area (Å²) in [5.41, 5.74) is 0.996. The Morgan fingerprint density at radius 3 is 2.52 bits per heavy atom. The smallest absolute Gasteiger partial charge is 0.416 e. The SMILES string of the molecule is FC(F)(F)c1ccc2nccc(Nc3ccc4c(c3)OCCO4)c2c1. The van der Waals surface area contributed by atoms with Crippen LogP contribution in [0, 0.1) is 0 Å². The van der Waals surface area contributed by atoms with Gasteiger partial charge in [0.05, 0.1) is 11.1 Å². The number of alkyl halides is 3. The summed E-state index contributed by atoms with van der Waals surface area (Å²) in [7, 11) is 0. The van der Waals surface area contributed by atoms with Gasteiger partial charge in [-0.1, -0.05) is 0 Å². The van der Waals surface area contributed by atoms with Crippen LogP contribution in [-0.4, -0.2) is 18.2 Å². The zero-order valence-corrected chi connectivity index (χ0v) is 12.9. The molecule has 2 heterocycles. The number of nitrogens with one attached hydrogen (secondary N) is 1. The van der Waals surface area contributed by atoms with Crippen LogP contribution in [0.3, 0.4) is 0 Å². The van der Waals surface area contributed by atoms with E-state index in [1.807, 2.05) is 0 Å². The standard InChI is InChI=1S/C18H13F3N2O2/c19-18(20,21)11-1-3-14-13(9-11)15(5-6-22-14)23-12-2-4-16-17(10-12)25-8-7-24-16/h1-6,9-10H,7-8H2,(H,22,23). The fourth-order valence-corrected chi connectivity index (χ4v) is 2.71. The highest BCUT2D eigenvalue weighted by Crippen LogP contribution is 2.36. The molecule has 25 heavy (non-hydrogen) atoms. The Morgan fingerprint density at radius 2 is 1.72 bits per heavy atom. The van der Waals surface area contributed by atoms with Gasteiger partial charge in [-0.15, -0.1) is 0 Å². The van der Waals surface area contributed by atoms with Gasteiger partial charge in [-0.05, 0) is 36.4 Å². The Kier molecular flexibility index (Phi) is 3.63. The average molecular weight is 346 g/mol. The lowest BCUT2D eigenvalue weighted by Gasteiger charge is -2.19. The fourth-order valence-electron chi connectivity index (χ4n) is 2.71. The van der Waals surface area contributed by atoms with Gasteiger partial charge < -0.3 is 14.8 Å².